The number of aliphatic hydroxyl groups excluding tert-OH is 1. The van der Waals surface area contributed by atoms with Crippen molar-refractivity contribution in [3.63, 3.8) is 0 Å². The molecule has 0 aromatic heterocycles. The van der Waals surface area contributed by atoms with Crippen molar-refractivity contribution < 1.29 is 62.6 Å². The summed E-state index contributed by atoms with van der Waals surface area (Å²) in [6.45, 7) is 35.7. The highest BCUT2D eigenvalue weighted by molar-refractivity contribution is 6.00. The summed E-state index contributed by atoms with van der Waals surface area (Å²) < 4.78 is 6.01. The molecule has 1 saturated heterocycles. The molecule has 1 aliphatic heterocycles. The largest absolute Gasteiger partial charge is 0.493 e. The average Bonchev–Trinajstić information content (AvgIpc) is 0.912. The molecule has 0 aromatic carbocycles. The van der Waals surface area contributed by atoms with E-state index in [2.05, 4.69) is 27.8 Å². The third-order valence-corrected chi connectivity index (χ3v) is 16.4. The average molecular weight is 1260 g/mol. The lowest BCUT2D eigenvalue weighted by Gasteiger charge is -2.41. The number of hydrogen-bond acceptors (Lipinski definition) is 13. The van der Waals surface area contributed by atoms with Crippen LogP contribution in [0.2, 0.25) is 0 Å². The number of hydrogen-bond donors (Lipinski definition) is 5. The van der Waals surface area contributed by atoms with Crippen LogP contribution in [0.4, 0.5) is 0 Å². The van der Waals surface area contributed by atoms with Crippen molar-refractivity contribution in [1.82, 2.24) is 55.6 Å². The molecule has 11 amide bonds. The lowest BCUT2D eigenvalue weighted by molar-refractivity contribution is -0.157. The topological polar surface area (TPSA) is 288 Å². The number of rotatable bonds is 17. The summed E-state index contributed by atoms with van der Waals surface area (Å²) in [4.78, 5) is 169. The molecule has 1 aliphatic rings. The second kappa shape index (κ2) is 35.7. The van der Waals surface area contributed by atoms with Crippen LogP contribution in [0.3, 0.4) is 0 Å². The lowest BCUT2D eigenvalue weighted by Crippen LogP contribution is -2.63. The van der Waals surface area contributed by atoms with Gasteiger partial charge in [-0.1, -0.05) is 102 Å². The van der Waals surface area contributed by atoms with E-state index in [9.17, 15) is 48.3 Å². The molecule has 24 heteroatoms. The van der Waals surface area contributed by atoms with Crippen LogP contribution in [0.1, 0.15) is 163 Å². The molecule has 0 saturated carbocycles. The van der Waals surface area contributed by atoms with E-state index in [1.54, 1.807) is 81.4 Å². The molecule has 1 unspecified atom stereocenters. The van der Waals surface area contributed by atoms with E-state index in [1.807, 2.05) is 41.5 Å². The first-order valence-electron chi connectivity index (χ1n) is 31.5. The molecule has 0 bridgehead atoms. The molecule has 0 spiro atoms. The van der Waals surface area contributed by atoms with Crippen molar-refractivity contribution in [2.24, 2.45) is 35.5 Å². The second-order valence-corrected chi connectivity index (χ2v) is 27.1. The number of ether oxygens (including phenoxy) is 1. The Morgan fingerprint density at radius 3 is 1.47 bits per heavy atom. The van der Waals surface area contributed by atoms with Gasteiger partial charge in [0, 0.05) is 55.8 Å². The maximum Gasteiger partial charge on any atom is 0.248 e. The van der Waals surface area contributed by atoms with Crippen LogP contribution in [0, 0.1) is 42.1 Å². The van der Waals surface area contributed by atoms with Crippen LogP contribution >= 0.6 is 0 Å². The molecule has 1 rings (SSSR count). The maximum absolute atomic E-state index is 15.2. The van der Waals surface area contributed by atoms with E-state index >= 15 is 9.59 Å². The van der Waals surface area contributed by atoms with Crippen LogP contribution in [-0.4, -0.2) is 226 Å². The first-order valence-corrected chi connectivity index (χ1v) is 31.5. The van der Waals surface area contributed by atoms with E-state index in [-0.39, 0.29) is 49.9 Å². The fourth-order valence-electron chi connectivity index (χ4n) is 11.1. The zero-order valence-electron chi connectivity index (χ0n) is 58.5. The molecule has 0 aromatic rings. The van der Waals surface area contributed by atoms with Gasteiger partial charge in [-0.3, -0.25) is 52.7 Å². The highest BCUT2D eigenvalue weighted by Crippen LogP contribution is 2.27. The van der Waals surface area contributed by atoms with Crippen LogP contribution < -0.4 is 21.3 Å². The Balaban J connectivity index is 4.41. The predicted octanol–water partition coefficient (Wildman–Crippen LogP) is 4.10. The molecule has 12 atom stereocenters. The van der Waals surface area contributed by atoms with Crippen molar-refractivity contribution in [3.05, 3.63) is 31.0 Å². The highest BCUT2D eigenvalue weighted by Gasteiger charge is 2.46. The first-order chi connectivity index (χ1) is 40.9. The Bertz CT molecular complexity index is 2500. The summed E-state index contributed by atoms with van der Waals surface area (Å²) in [5.41, 5.74) is -1.14. The van der Waals surface area contributed by atoms with Gasteiger partial charge in [-0.25, -0.2) is 0 Å². The van der Waals surface area contributed by atoms with E-state index in [0.29, 0.717) is 12.2 Å². The number of aliphatic hydroxyl groups is 1. The molecule has 507 valence electrons. The van der Waals surface area contributed by atoms with E-state index in [4.69, 9.17) is 4.74 Å². The second-order valence-electron chi connectivity index (χ2n) is 27.1. The number of amides is 11. The summed E-state index contributed by atoms with van der Waals surface area (Å²) in [6, 6.07) is -12.9. The molecule has 0 aliphatic carbocycles. The Hall–Kier alpha value is -6.59. The zero-order chi connectivity index (χ0) is 69.2. The van der Waals surface area contributed by atoms with Gasteiger partial charge >= 0.3 is 0 Å². The van der Waals surface area contributed by atoms with E-state index < -0.39 is 155 Å². The van der Waals surface area contributed by atoms with Crippen LogP contribution in [0.5, 0.6) is 0 Å². The maximum atomic E-state index is 15.2. The third kappa shape index (κ3) is 23.0. The minimum Gasteiger partial charge on any atom is -0.493 e. The number of likely N-dealkylation sites (N-methyl/N-ethyl adjacent to an activating group) is 7. The van der Waals surface area contributed by atoms with Crippen molar-refractivity contribution in [2.45, 2.75) is 235 Å². The molecule has 1 radical (unpaired) electrons. The first kappa shape index (κ1) is 80.4. The number of allylic oxidation sites excluding steroid dienone is 3. The smallest absolute Gasteiger partial charge is 0.248 e. The molecule has 5 N–H and O–H groups in total. The molecule has 24 nitrogen and oxygen atoms in total. The quantitative estimate of drug-likeness (QED) is 0.101. The molecule has 89 heavy (non-hydrogen) atoms. The predicted molar refractivity (Wildman–Crippen MR) is 343 cm³/mol. The van der Waals surface area contributed by atoms with Gasteiger partial charge in [0.05, 0.1) is 11.9 Å². The van der Waals surface area contributed by atoms with Crippen molar-refractivity contribution in [1.29, 1.82) is 0 Å². The zero-order valence-corrected chi connectivity index (χ0v) is 58.5. The van der Waals surface area contributed by atoms with Crippen molar-refractivity contribution in [2.75, 3.05) is 49.3 Å². The van der Waals surface area contributed by atoms with E-state index in [1.165, 1.54) is 82.8 Å². The number of carbonyl (C=O) groups excluding carboxylic acids is 11. The van der Waals surface area contributed by atoms with Gasteiger partial charge in [0.25, 0.3) is 0 Å². The fourth-order valence-corrected chi connectivity index (χ4v) is 11.1. The van der Waals surface area contributed by atoms with Gasteiger partial charge in [0.2, 0.25) is 65.0 Å². The number of nitrogens with zero attached hydrogens (tertiary/aromatic N) is 7. The molecular weight excluding hydrogens is 1140 g/mol. The van der Waals surface area contributed by atoms with Gasteiger partial charge in [-0.05, 0) is 109 Å². The van der Waals surface area contributed by atoms with E-state index in [0.717, 1.165) is 21.2 Å². The Morgan fingerprint density at radius 2 is 1.01 bits per heavy atom. The van der Waals surface area contributed by atoms with Gasteiger partial charge in [-0.15, -0.1) is 0 Å². The molecule has 1 fully saturated rings. The monoisotopic (exact) mass is 1260 g/mol. The van der Waals surface area contributed by atoms with Crippen LogP contribution in [0.25, 0.3) is 0 Å². The standard InChI is InChI=1S/C65H114N11O13/c1-27-29-30-42(15)54(78)53-58(82)68-45(28-2)60(84)70(20)35-50(77)71(21)49(34-65(18,19)89-41(13)14)57(81)69-51(39(9)10)63(87)72(22)46(31-36(3)4)56(80)66-43(16)55(79)67-44(17)59(83)73(23)47(32-37(5)6)61(85)74(24)48(33-38(7)8)62(86)75(25)52(40(11)12)64(88)76(53)26/h27,29,35-40,42-49,51-54,78H,13,28,30-34H2,1-12,14-26H3,(H,66,80)(H,67,79)(H,68,82)(H,69,81)/b29-27+/t42-,43+,44-,45+,46+,47+,48+,49+,51+,52+,53?,54-/m1/s1. The van der Waals surface area contributed by atoms with Crippen molar-refractivity contribution in [3.8, 4) is 0 Å². The van der Waals surface area contributed by atoms with Crippen molar-refractivity contribution >= 4 is 65.0 Å². The minimum absolute atomic E-state index is 0.0258. The highest BCUT2D eigenvalue weighted by atomic mass is 16.5. The van der Waals surface area contributed by atoms with Gasteiger partial charge in [0.1, 0.15) is 72.6 Å². The number of carbonyl (C=O) groups is 11. The fraction of sp³-hybridized carbons (Fsp3) is 0.754. The lowest BCUT2D eigenvalue weighted by atomic mass is 9.91. The summed E-state index contributed by atoms with van der Waals surface area (Å²) in [6.07, 6.45) is 2.56. The summed E-state index contributed by atoms with van der Waals surface area (Å²) in [5, 5.41) is 23.1. The summed E-state index contributed by atoms with van der Waals surface area (Å²) in [5.74, 6) is -10.0. The summed E-state index contributed by atoms with van der Waals surface area (Å²) >= 11 is 0. The normalized spacial score (nSPS) is 26.3. The van der Waals surface area contributed by atoms with Gasteiger partial charge in [-0.2, -0.15) is 0 Å². The van der Waals surface area contributed by atoms with Crippen LogP contribution in [-0.2, 0) is 57.5 Å². The summed E-state index contributed by atoms with van der Waals surface area (Å²) in [7, 11) is 9.70. The Kier molecular flexibility index (Phi) is 32.3. The van der Waals surface area contributed by atoms with Gasteiger partial charge < -0.3 is 65.4 Å². The van der Waals surface area contributed by atoms with Crippen LogP contribution in [0.15, 0.2) is 24.5 Å². The van der Waals surface area contributed by atoms with Gasteiger partial charge in [0.15, 0.2) is 0 Å². The third-order valence-electron chi connectivity index (χ3n) is 16.4. The SMILES string of the molecule is C=C(C)OC(C)(C)C[C@H]1C(=O)N[C@@H](C(C)C)C(=O)N(C)[C@@H](CC(C)C)C(=O)N[C@@H](C)C(=O)N[C@H](C)C(=O)N(C)[C@@H](CC(C)C)C(=O)N(C)[C@@H](CC(C)C)C(=O)N(C)[C@@H](C(C)C)C(=O)N(C)C([C@H](O)[C@H](C)C/C=C/C)C(=O)N[C@@H](CC)C(=O)N(C)[CH]C(=O)N1C. The molecule has 1 heterocycles. The number of nitrogens with one attached hydrogen (secondary N) is 4. The Morgan fingerprint density at radius 1 is 0.562 bits per heavy atom. The Labute approximate surface area is 532 Å². The minimum atomic E-state index is -1.64. The molecular formula is C65H114N11O13.